The molecular weight excluding hydrogens is 300 g/mol. The van der Waals surface area contributed by atoms with Crippen LogP contribution in [-0.2, 0) is 7.05 Å². The number of rotatable bonds is 3. The number of ether oxygens (including phenoxy) is 1. The molecule has 0 aromatic carbocycles. The average Bonchev–Trinajstić information content (AvgIpc) is 2.93. The van der Waals surface area contributed by atoms with Gasteiger partial charge in [0.1, 0.15) is 0 Å². The third kappa shape index (κ3) is 3.56. The highest BCUT2D eigenvalue weighted by Gasteiger charge is 2.10. The lowest BCUT2D eigenvalue weighted by Gasteiger charge is -2.05. The van der Waals surface area contributed by atoms with E-state index < -0.39 is 6.09 Å². The Morgan fingerprint density at radius 1 is 1.26 bits per heavy atom. The Morgan fingerprint density at radius 3 is 2.74 bits per heavy atom. The first-order valence-corrected chi connectivity index (χ1v) is 6.48. The number of nitrogens with zero attached hydrogens (tertiary/aromatic N) is 6. The third-order valence-electron chi connectivity index (χ3n) is 2.74. The molecule has 116 valence electrons. The molecule has 3 N–H and O–H groups in total. The Hall–Kier alpha value is -3.56. The first kappa shape index (κ1) is 14.4. The summed E-state index contributed by atoms with van der Waals surface area (Å²) < 4.78 is 6.59. The van der Waals surface area contributed by atoms with Crippen molar-refractivity contribution in [2.24, 2.45) is 7.05 Å². The second-order valence-electron chi connectivity index (χ2n) is 4.47. The van der Waals surface area contributed by atoms with Crippen LogP contribution in [-0.4, -0.2) is 35.8 Å². The molecule has 0 radical (unpaired) electrons. The van der Waals surface area contributed by atoms with Gasteiger partial charge in [-0.1, -0.05) is 0 Å². The number of nitrogen functional groups attached to an aromatic ring is 1. The van der Waals surface area contributed by atoms with Gasteiger partial charge in [-0.2, -0.15) is 10.1 Å². The van der Waals surface area contributed by atoms with E-state index in [-0.39, 0.29) is 12.0 Å². The molecule has 3 rings (SSSR count). The van der Waals surface area contributed by atoms with Crippen LogP contribution < -0.4 is 15.8 Å². The fraction of sp³-hybridized carbons (Fsp3) is 0.0769. The van der Waals surface area contributed by atoms with E-state index in [2.05, 4.69) is 30.4 Å². The van der Waals surface area contributed by atoms with Crippen LogP contribution in [0, 0.1) is 0 Å². The summed E-state index contributed by atoms with van der Waals surface area (Å²) >= 11 is 0. The quantitative estimate of drug-likeness (QED) is 0.727. The lowest BCUT2D eigenvalue weighted by molar-refractivity contribution is 0.211. The molecule has 0 aliphatic heterocycles. The van der Waals surface area contributed by atoms with E-state index in [0.29, 0.717) is 16.9 Å². The second-order valence-corrected chi connectivity index (χ2v) is 4.47. The first-order valence-electron chi connectivity index (χ1n) is 6.48. The van der Waals surface area contributed by atoms with Crippen LogP contribution in [0.5, 0.6) is 6.01 Å². The molecule has 0 unspecified atom stereocenters. The van der Waals surface area contributed by atoms with Crippen LogP contribution >= 0.6 is 0 Å². The van der Waals surface area contributed by atoms with Crippen molar-refractivity contribution in [3.05, 3.63) is 37.1 Å². The third-order valence-corrected chi connectivity index (χ3v) is 2.74. The molecule has 0 saturated heterocycles. The van der Waals surface area contributed by atoms with Gasteiger partial charge in [-0.3, -0.25) is 10.00 Å². The van der Waals surface area contributed by atoms with Crippen LogP contribution in [0.2, 0.25) is 0 Å². The Morgan fingerprint density at radius 2 is 2.04 bits per heavy atom. The zero-order chi connectivity index (χ0) is 16.2. The van der Waals surface area contributed by atoms with E-state index in [1.165, 1.54) is 24.8 Å². The molecule has 0 aliphatic carbocycles. The fourth-order valence-corrected chi connectivity index (χ4v) is 1.73. The highest BCUT2D eigenvalue weighted by Crippen LogP contribution is 2.17. The van der Waals surface area contributed by atoms with E-state index in [0.717, 1.165) is 0 Å². The molecule has 10 nitrogen and oxygen atoms in total. The Bertz CT molecular complexity index is 830. The van der Waals surface area contributed by atoms with Crippen molar-refractivity contribution in [3.8, 4) is 17.3 Å². The van der Waals surface area contributed by atoms with Gasteiger partial charge in [-0.05, 0) is 6.07 Å². The highest BCUT2D eigenvalue weighted by molar-refractivity contribution is 5.85. The predicted octanol–water partition coefficient (Wildman–Crippen LogP) is 0.860. The van der Waals surface area contributed by atoms with E-state index in [1.54, 1.807) is 24.0 Å². The molecule has 10 heteroatoms. The van der Waals surface area contributed by atoms with Gasteiger partial charge >= 0.3 is 12.1 Å². The minimum atomic E-state index is -0.719. The minimum absolute atomic E-state index is 0.0966. The highest BCUT2D eigenvalue weighted by atomic mass is 16.6. The average molecular weight is 312 g/mol. The summed E-state index contributed by atoms with van der Waals surface area (Å²) in [6, 6.07) is 1.54. The molecule has 0 fully saturated rings. The molecule has 1 amide bonds. The van der Waals surface area contributed by atoms with Gasteiger partial charge in [-0.15, -0.1) is 0 Å². The Labute approximate surface area is 130 Å². The van der Waals surface area contributed by atoms with Crippen molar-refractivity contribution >= 4 is 17.7 Å². The van der Waals surface area contributed by atoms with Crippen LogP contribution in [0.25, 0.3) is 11.3 Å². The number of aromatic nitrogens is 6. The molecule has 0 saturated carbocycles. The fourth-order valence-electron chi connectivity index (χ4n) is 1.73. The molecule has 0 atom stereocenters. The molecule has 23 heavy (non-hydrogen) atoms. The SMILES string of the molecule is Cn1cc(NC(=O)Oc2nccc(-c3cnc(N)nc3)n2)cn1. The van der Waals surface area contributed by atoms with Gasteiger partial charge < -0.3 is 10.5 Å². The molecule has 0 spiro atoms. The number of amides is 1. The number of nitrogens with two attached hydrogens (primary N) is 1. The van der Waals surface area contributed by atoms with Gasteiger partial charge in [0.2, 0.25) is 5.95 Å². The molecule has 0 aliphatic rings. The zero-order valence-corrected chi connectivity index (χ0v) is 12.0. The number of anilines is 2. The topological polar surface area (TPSA) is 134 Å². The second kappa shape index (κ2) is 6.05. The Kier molecular flexibility index (Phi) is 3.78. The largest absolute Gasteiger partial charge is 0.419 e. The summed E-state index contributed by atoms with van der Waals surface area (Å²) in [5, 5.41) is 6.44. The normalized spacial score (nSPS) is 10.3. The summed E-state index contributed by atoms with van der Waals surface area (Å²) in [7, 11) is 1.73. The molecule has 3 aromatic heterocycles. The van der Waals surface area contributed by atoms with Gasteiger partial charge in [-0.25, -0.2) is 19.7 Å². The predicted molar refractivity (Wildman–Crippen MR) is 80.3 cm³/mol. The molecule has 0 bridgehead atoms. The lowest BCUT2D eigenvalue weighted by atomic mass is 10.2. The van der Waals surface area contributed by atoms with Gasteiger partial charge in [0.25, 0.3) is 0 Å². The number of nitrogens with one attached hydrogen (secondary N) is 1. The minimum Gasteiger partial charge on any atom is -0.374 e. The maximum Gasteiger partial charge on any atom is 0.419 e. The van der Waals surface area contributed by atoms with E-state index in [1.807, 2.05) is 0 Å². The number of hydrogen-bond acceptors (Lipinski definition) is 8. The molecular formula is C13H12N8O2. The van der Waals surface area contributed by atoms with Crippen molar-refractivity contribution in [2.45, 2.75) is 0 Å². The van der Waals surface area contributed by atoms with E-state index in [9.17, 15) is 4.79 Å². The van der Waals surface area contributed by atoms with Gasteiger partial charge in [0.15, 0.2) is 0 Å². The van der Waals surface area contributed by atoms with Crippen molar-refractivity contribution < 1.29 is 9.53 Å². The van der Waals surface area contributed by atoms with Crippen molar-refractivity contribution in [1.82, 2.24) is 29.7 Å². The summed E-state index contributed by atoms with van der Waals surface area (Å²) in [5.74, 6) is 0.162. The van der Waals surface area contributed by atoms with Crippen molar-refractivity contribution in [1.29, 1.82) is 0 Å². The van der Waals surface area contributed by atoms with E-state index in [4.69, 9.17) is 10.5 Å². The van der Waals surface area contributed by atoms with Crippen LogP contribution in [0.1, 0.15) is 0 Å². The molecule has 3 aromatic rings. The van der Waals surface area contributed by atoms with Crippen LogP contribution in [0.4, 0.5) is 16.4 Å². The number of carbonyl (C=O) groups excluding carboxylic acids is 1. The zero-order valence-electron chi connectivity index (χ0n) is 12.0. The van der Waals surface area contributed by atoms with Crippen molar-refractivity contribution in [2.75, 3.05) is 11.1 Å². The van der Waals surface area contributed by atoms with Gasteiger partial charge in [0, 0.05) is 37.4 Å². The smallest absolute Gasteiger partial charge is 0.374 e. The first-order chi connectivity index (χ1) is 11.1. The summed E-state index contributed by atoms with van der Waals surface area (Å²) in [6.45, 7) is 0. The summed E-state index contributed by atoms with van der Waals surface area (Å²) in [5.41, 5.74) is 7.06. The Balaban J connectivity index is 1.72. The number of hydrogen-bond donors (Lipinski definition) is 2. The standard InChI is InChI=1S/C13H12N8O2/c1-21-7-9(6-18-21)19-13(22)23-12-15-3-2-10(20-12)8-4-16-11(14)17-5-8/h2-7H,1H3,(H,19,22)(H2,14,16,17). The van der Waals surface area contributed by atoms with Gasteiger partial charge in [0.05, 0.1) is 17.6 Å². The van der Waals surface area contributed by atoms with Crippen molar-refractivity contribution in [3.63, 3.8) is 0 Å². The summed E-state index contributed by atoms with van der Waals surface area (Å²) in [6.07, 6.45) is 6.90. The molecule has 3 heterocycles. The van der Waals surface area contributed by atoms with Crippen LogP contribution in [0.3, 0.4) is 0 Å². The number of aryl methyl sites for hydroxylation is 1. The van der Waals surface area contributed by atoms with Crippen LogP contribution in [0.15, 0.2) is 37.1 Å². The number of carbonyl (C=O) groups is 1. The van der Waals surface area contributed by atoms with E-state index >= 15 is 0 Å². The summed E-state index contributed by atoms with van der Waals surface area (Å²) in [4.78, 5) is 27.6. The maximum absolute atomic E-state index is 11.8. The monoisotopic (exact) mass is 312 g/mol. The lowest BCUT2D eigenvalue weighted by Crippen LogP contribution is -2.17. The maximum atomic E-state index is 11.8.